The molecule has 2 aromatic heterocycles. The van der Waals surface area contributed by atoms with Crippen LogP contribution in [-0.4, -0.2) is 52.6 Å². The number of aliphatic carboxylic acids is 1. The lowest BCUT2D eigenvalue weighted by Crippen LogP contribution is -2.28. The summed E-state index contributed by atoms with van der Waals surface area (Å²) in [5.74, 6) is -1.62. The molecule has 11 heteroatoms. The van der Waals surface area contributed by atoms with Crippen LogP contribution in [0.1, 0.15) is 29.2 Å². The maximum atomic E-state index is 12.6. The van der Waals surface area contributed by atoms with Crippen LogP contribution >= 0.6 is 0 Å². The number of nitrogens with zero attached hydrogens (tertiary/aromatic N) is 3. The van der Waals surface area contributed by atoms with Gasteiger partial charge in [-0.1, -0.05) is 0 Å². The monoisotopic (exact) mass is 382 g/mol. The van der Waals surface area contributed by atoms with E-state index >= 15 is 0 Å². The maximum Gasteiger partial charge on any atom is 0.325 e. The first-order valence-electron chi connectivity index (χ1n) is 7.94. The van der Waals surface area contributed by atoms with Gasteiger partial charge in [-0.15, -0.1) is 0 Å². The summed E-state index contributed by atoms with van der Waals surface area (Å²) in [4.78, 5) is 22.9. The van der Waals surface area contributed by atoms with E-state index in [0.29, 0.717) is 13.1 Å². The summed E-state index contributed by atoms with van der Waals surface area (Å²) in [5, 5.41) is 15.1. The summed E-state index contributed by atoms with van der Waals surface area (Å²) in [6, 6.07) is 2.63. The first kappa shape index (κ1) is 18.1. The fourth-order valence-electron chi connectivity index (χ4n) is 2.73. The van der Waals surface area contributed by atoms with Gasteiger partial charge in [-0.25, -0.2) is 8.42 Å². The van der Waals surface area contributed by atoms with Crippen molar-refractivity contribution in [2.45, 2.75) is 31.2 Å². The van der Waals surface area contributed by atoms with Gasteiger partial charge >= 0.3 is 5.97 Å². The van der Waals surface area contributed by atoms with E-state index in [1.165, 1.54) is 29.6 Å². The fourth-order valence-corrected chi connectivity index (χ4v) is 4.41. The quantitative estimate of drug-likeness (QED) is 0.758. The van der Waals surface area contributed by atoms with Crippen molar-refractivity contribution in [1.82, 2.24) is 14.1 Å². The van der Waals surface area contributed by atoms with Crippen molar-refractivity contribution in [1.29, 1.82) is 0 Å². The van der Waals surface area contributed by atoms with Crippen LogP contribution in [0, 0.1) is 6.92 Å². The Morgan fingerprint density at radius 2 is 2.04 bits per heavy atom. The third-order valence-corrected chi connectivity index (χ3v) is 5.96. The molecule has 10 nitrogen and oxygen atoms in total. The third kappa shape index (κ3) is 3.63. The zero-order valence-corrected chi connectivity index (χ0v) is 14.8. The summed E-state index contributed by atoms with van der Waals surface area (Å²) < 4.78 is 33.1. The van der Waals surface area contributed by atoms with Gasteiger partial charge < -0.3 is 14.8 Å². The Morgan fingerprint density at radius 3 is 2.69 bits per heavy atom. The summed E-state index contributed by atoms with van der Waals surface area (Å²) in [6.45, 7) is 2.06. The van der Waals surface area contributed by atoms with Crippen molar-refractivity contribution in [2.24, 2.45) is 0 Å². The number of furan rings is 1. The Bertz CT molecular complexity index is 939. The number of aromatic nitrogens is 2. The molecule has 3 heterocycles. The first-order valence-corrected chi connectivity index (χ1v) is 9.38. The van der Waals surface area contributed by atoms with E-state index in [9.17, 15) is 18.0 Å². The number of aryl methyl sites for hydroxylation is 1. The smallest absolute Gasteiger partial charge is 0.325 e. The number of carboxylic acids is 1. The molecule has 0 bridgehead atoms. The van der Waals surface area contributed by atoms with Crippen LogP contribution in [0.3, 0.4) is 0 Å². The maximum absolute atomic E-state index is 12.6. The van der Waals surface area contributed by atoms with Gasteiger partial charge in [0.05, 0.1) is 0 Å². The molecule has 1 saturated heterocycles. The van der Waals surface area contributed by atoms with Crippen molar-refractivity contribution in [3.8, 4) is 0 Å². The molecule has 1 aliphatic heterocycles. The molecule has 0 unspecified atom stereocenters. The van der Waals surface area contributed by atoms with Crippen molar-refractivity contribution in [2.75, 3.05) is 18.4 Å². The van der Waals surface area contributed by atoms with Crippen LogP contribution in [0.2, 0.25) is 0 Å². The molecule has 0 radical (unpaired) electrons. The van der Waals surface area contributed by atoms with Gasteiger partial charge in [-0.05, 0) is 19.8 Å². The van der Waals surface area contributed by atoms with E-state index < -0.39 is 21.9 Å². The minimum absolute atomic E-state index is 0.0269. The van der Waals surface area contributed by atoms with Crippen LogP contribution in [0.5, 0.6) is 0 Å². The second-order valence-corrected chi connectivity index (χ2v) is 7.80. The Labute approximate surface area is 149 Å². The highest BCUT2D eigenvalue weighted by Crippen LogP contribution is 2.26. The Hall–Kier alpha value is -2.66. The van der Waals surface area contributed by atoms with Gasteiger partial charge in [0, 0.05) is 31.4 Å². The number of amides is 1. The Kier molecular flexibility index (Phi) is 4.83. The molecule has 3 rings (SSSR count). The number of carbonyl (C=O) groups is 2. The lowest BCUT2D eigenvalue weighted by atomic mass is 10.4. The summed E-state index contributed by atoms with van der Waals surface area (Å²) in [7, 11) is -3.69. The van der Waals surface area contributed by atoms with E-state index in [2.05, 4.69) is 10.4 Å². The first-order chi connectivity index (χ1) is 12.3. The van der Waals surface area contributed by atoms with Crippen LogP contribution in [0.15, 0.2) is 27.6 Å². The largest absolute Gasteiger partial charge is 0.480 e. The van der Waals surface area contributed by atoms with E-state index in [1.807, 2.05) is 0 Å². The lowest BCUT2D eigenvalue weighted by Gasteiger charge is -2.14. The van der Waals surface area contributed by atoms with E-state index in [1.54, 1.807) is 0 Å². The molecule has 2 N–H and O–H groups in total. The zero-order valence-electron chi connectivity index (χ0n) is 14.0. The average Bonchev–Trinajstić information content (AvgIpc) is 3.27. The van der Waals surface area contributed by atoms with Gasteiger partial charge in [0.25, 0.3) is 5.91 Å². The molecule has 0 aliphatic carbocycles. The minimum atomic E-state index is -3.69. The Balaban J connectivity index is 1.76. The third-order valence-electron chi connectivity index (χ3n) is 3.96. The van der Waals surface area contributed by atoms with Crippen LogP contribution in [-0.2, 0) is 21.4 Å². The molecule has 0 spiro atoms. The van der Waals surface area contributed by atoms with Gasteiger partial charge in [-0.3, -0.25) is 14.3 Å². The number of rotatable bonds is 6. The molecule has 0 saturated carbocycles. The summed E-state index contributed by atoms with van der Waals surface area (Å²) >= 11 is 0. The standard InChI is InChI=1S/C15H18N4O6S/c1-10-12(26(23,24)19-5-2-3-6-19)8-11(25-10)15(22)16-13-4-7-18(17-13)9-14(20)21/h4,7-8H,2-3,5-6,9H2,1H3,(H,20,21)(H,16,17,22). The SMILES string of the molecule is Cc1oc(C(=O)Nc2ccn(CC(=O)O)n2)cc1S(=O)(=O)N1CCCC1. The number of hydrogen-bond donors (Lipinski definition) is 2. The highest BCUT2D eigenvalue weighted by atomic mass is 32.2. The van der Waals surface area contributed by atoms with Gasteiger partial charge in [0.15, 0.2) is 11.6 Å². The molecule has 140 valence electrons. The van der Waals surface area contributed by atoms with Gasteiger partial charge in [0.2, 0.25) is 10.0 Å². The van der Waals surface area contributed by atoms with Gasteiger partial charge in [-0.2, -0.15) is 9.40 Å². The van der Waals surface area contributed by atoms with Crippen molar-refractivity contribution < 1.29 is 27.5 Å². The van der Waals surface area contributed by atoms with Crippen LogP contribution < -0.4 is 5.32 Å². The molecular formula is C15H18N4O6S. The van der Waals surface area contributed by atoms with Crippen LogP contribution in [0.25, 0.3) is 0 Å². The number of carbonyl (C=O) groups excluding carboxylic acids is 1. The van der Waals surface area contributed by atoms with Crippen molar-refractivity contribution in [3.05, 3.63) is 29.9 Å². The second kappa shape index (κ2) is 6.92. The average molecular weight is 382 g/mol. The lowest BCUT2D eigenvalue weighted by molar-refractivity contribution is -0.137. The minimum Gasteiger partial charge on any atom is -0.480 e. The molecule has 1 aliphatic rings. The molecule has 1 fully saturated rings. The molecule has 0 aromatic carbocycles. The summed E-state index contributed by atoms with van der Waals surface area (Å²) in [6.07, 6.45) is 3.02. The number of anilines is 1. The van der Waals surface area contributed by atoms with Crippen molar-refractivity contribution >= 4 is 27.7 Å². The highest BCUT2D eigenvalue weighted by Gasteiger charge is 2.31. The predicted molar refractivity (Wildman–Crippen MR) is 89.3 cm³/mol. The fraction of sp³-hybridized carbons (Fsp3) is 0.400. The summed E-state index contributed by atoms with van der Waals surface area (Å²) in [5.41, 5.74) is 0. The molecule has 1 amide bonds. The zero-order chi connectivity index (χ0) is 18.9. The van der Waals surface area contributed by atoms with E-state index in [0.717, 1.165) is 17.5 Å². The second-order valence-electron chi connectivity index (χ2n) is 5.89. The highest BCUT2D eigenvalue weighted by molar-refractivity contribution is 7.89. The van der Waals surface area contributed by atoms with E-state index in [-0.39, 0.29) is 28.8 Å². The number of sulfonamides is 1. The number of hydrogen-bond acceptors (Lipinski definition) is 6. The number of nitrogens with one attached hydrogen (secondary N) is 1. The van der Waals surface area contributed by atoms with Crippen molar-refractivity contribution in [3.63, 3.8) is 0 Å². The predicted octanol–water partition coefficient (Wildman–Crippen LogP) is 0.906. The Morgan fingerprint density at radius 1 is 1.35 bits per heavy atom. The number of carboxylic acid groups (broad SMARTS) is 1. The molecular weight excluding hydrogens is 364 g/mol. The van der Waals surface area contributed by atoms with Gasteiger partial charge in [0.1, 0.15) is 17.2 Å². The molecule has 26 heavy (non-hydrogen) atoms. The molecule has 0 atom stereocenters. The topological polar surface area (TPSA) is 135 Å². The van der Waals surface area contributed by atoms with E-state index in [4.69, 9.17) is 9.52 Å². The normalized spacial score (nSPS) is 15.3. The molecule has 2 aromatic rings. The van der Waals surface area contributed by atoms with Crippen LogP contribution in [0.4, 0.5) is 5.82 Å².